The number of hydrogen-bond acceptors (Lipinski definition) is 3. The molecule has 20 heavy (non-hydrogen) atoms. The summed E-state index contributed by atoms with van der Waals surface area (Å²) in [4.78, 5) is -0.0661. The molecular weight excluding hydrogens is 394 g/mol. The molecule has 0 aromatic heterocycles. The Balaban J connectivity index is 2.35. The van der Waals surface area contributed by atoms with E-state index in [1.54, 1.807) is 0 Å². The standard InChI is InChI=1S/C12H6BrCl2FO3S/c13-9-6-8(20(15,17)18)2-4-11(9)19-12-3-1-7(16)5-10(12)14/h1-6H. The first-order valence-electron chi connectivity index (χ1n) is 5.14. The fourth-order valence-corrected chi connectivity index (χ4v) is 2.99. The molecule has 0 atom stereocenters. The van der Waals surface area contributed by atoms with Gasteiger partial charge in [0, 0.05) is 10.7 Å². The molecule has 8 heteroatoms. The molecule has 0 N–H and O–H groups in total. The molecule has 2 aromatic rings. The van der Waals surface area contributed by atoms with Crippen molar-refractivity contribution >= 4 is 47.3 Å². The molecule has 0 bridgehead atoms. The second-order valence-corrected chi connectivity index (χ2v) is 7.53. The van der Waals surface area contributed by atoms with Crippen LogP contribution in [-0.4, -0.2) is 8.42 Å². The van der Waals surface area contributed by atoms with Crippen molar-refractivity contribution in [2.24, 2.45) is 0 Å². The lowest BCUT2D eigenvalue weighted by Crippen LogP contribution is -1.92. The third kappa shape index (κ3) is 3.63. The summed E-state index contributed by atoms with van der Waals surface area (Å²) < 4.78 is 41.1. The Morgan fingerprint density at radius 1 is 1.10 bits per heavy atom. The summed E-state index contributed by atoms with van der Waals surface area (Å²) in [6, 6.07) is 7.69. The molecule has 0 spiro atoms. The van der Waals surface area contributed by atoms with Gasteiger partial charge in [-0.2, -0.15) is 0 Å². The van der Waals surface area contributed by atoms with Crippen LogP contribution >= 0.6 is 38.2 Å². The van der Waals surface area contributed by atoms with Gasteiger partial charge < -0.3 is 4.74 Å². The van der Waals surface area contributed by atoms with Gasteiger partial charge >= 0.3 is 0 Å². The fourth-order valence-electron chi connectivity index (χ4n) is 1.39. The molecule has 0 aliphatic rings. The van der Waals surface area contributed by atoms with Crippen molar-refractivity contribution in [3.05, 3.63) is 51.7 Å². The lowest BCUT2D eigenvalue weighted by atomic mass is 10.3. The lowest BCUT2D eigenvalue weighted by molar-refractivity contribution is 0.477. The van der Waals surface area contributed by atoms with Crippen molar-refractivity contribution in [2.75, 3.05) is 0 Å². The van der Waals surface area contributed by atoms with Gasteiger partial charge in [0.1, 0.15) is 17.3 Å². The van der Waals surface area contributed by atoms with E-state index < -0.39 is 14.9 Å². The van der Waals surface area contributed by atoms with E-state index in [9.17, 15) is 12.8 Å². The van der Waals surface area contributed by atoms with Gasteiger partial charge in [0.25, 0.3) is 9.05 Å². The van der Waals surface area contributed by atoms with E-state index in [4.69, 9.17) is 27.0 Å². The predicted molar refractivity (Wildman–Crippen MR) is 78.7 cm³/mol. The number of rotatable bonds is 3. The van der Waals surface area contributed by atoms with Crippen LogP contribution in [0.5, 0.6) is 11.5 Å². The van der Waals surface area contributed by atoms with Crippen molar-refractivity contribution in [3.8, 4) is 11.5 Å². The Morgan fingerprint density at radius 3 is 2.30 bits per heavy atom. The van der Waals surface area contributed by atoms with Crippen molar-refractivity contribution < 1.29 is 17.5 Å². The molecule has 3 nitrogen and oxygen atoms in total. The van der Waals surface area contributed by atoms with Gasteiger partial charge in [-0.05, 0) is 52.3 Å². The second kappa shape index (κ2) is 5.89. The third-order valence-electron chi connectivity index (χ3n) is 2.30. The Kier molecular flexibility index (Phi) is 4.59. The van der Waals surface area contributed by atoms with Gasteiger partial charge in [0.2, 0.25) is 0 Å². The van der Waals surface area contributed by atoms with Crippen LogP contribution in [0.25, 0.3) is 0 Å². The summed E-state index contributed by atoms with van der Waals surface area (Å²) >= 11 is 9.01. The van der Waals surface area contributed by atoms with Gasteiger partial charge in [-0.15, -0.1) is 0 Å². The first-order valence-corrected chi connectivity index (χ1v) is 8.62. The molecule has 0 amide bonds. The monoisotopic (exact) mass is 398 g/mol. The minimum atomic E-state index is -3.82. The zero-order chi connectivity index (χ0) is 14.9. The van der Waals surface area contributed by atoms with Crippen LogP contribution in [0.15, 0.2) is 45.8 Å². The van der Waals surface area contributed by atoms with E-state index in [0.717, 1.165) is 6.07 Å². The maximum Gasteiger partial charge on any atom is 0.261 e. The highest BCUT2D eigenvalue weighted by atomic mass is 79.9. The maximum atomic E-state index is 12.9. The van der Waals surface area contributed by atoms with Crippen LogP contribution < -0.4 is 4.74 Å². The Hall–Kier alpha value is -0.820. The summed E-state index contributed by atoms with van der Waals surface area (Å²) in [6.45, 7) is 0. The van der Waals surface area contributed by atoms with Crippen molar-refractivity contribution in [2.45, 2.75) is 4.90 Å². The van der Waals surface area contributed by atoms with Crippen LogP contribution in [0.4, 0.5) is 4.39 Å². The van der Waals surface area contributed by atoms with Crippen LogP contribution in [0.2, 0.25) is 5.02 Å². The Morgan fingerprint density at radius 2 is 1.75 bits per heavy atom. The number of ether oxygens (including phenoxy) is 1. The molecule has 0 heterocycles. The molecule has 0 radical (unpaired) electrons. The van der Waals surface area contributed by atoms with E-state index in [-0.39, 0.29) is 15.7 Å². The Labute approximate surface area is 132 Å². The molecule has 2 rings (SSSR count). The van der Waals surface area contributed by atoms with Crippen molar-refractivity contribution in [1.82, 2.24) is 0 Å². The topological polar surface area (TPSA) is 43.4 Å². The summed E-state index contributed by atoms with van der Waals surface area (Å²) in [6.07, 6.45) is 0. The first-order chi connectivity index (χ1) is 9.27. The van der Waals surface area contributed by atoms with E-state index in [2.05, 4.69) is 15.9 Å². The van der Waals surface area contributed by atoms with Gasteiger partial charge in [-0.25, -0.2) is 12.8 Å². The minimum Gasteiger partial charge on any atom is -0.455 e. The van der Waals surface area contributed by atoms with E-state index in [1.165, 1.54) is 30.3 Å². The Bertz CT molecular complexity index is 765. The smallest absolute Gasteiger partial charge is 0.261 e. The molecular formula is C12H6BrCl2FO3S. The van der Waals surface area contributed by atoms with Gasteiger partial charge in [-0.1, -0.05) is 11.6 Å². The van der Waals surface area contributed by atoms with Crippen LogP contribution in [0, 0.1) is 5.82 Å². The largest absolute Gasteiger partial charge is 0.455 e. The molecule has 0 unspecified atom stereocenters. The van der Waals surface area contributed by atoms with E-state index >= 15 is 0 Å². The zero-order valence-corrected chi connectivity index (χ0v) is 13.5. The predicted octanol–water partition coefficient (Wildman–Crippen LogP) is 4.96. The second-order valence-electron chi connectivity index (χ2n) is 3.71. The van der Waals surface area contributed by atoms with E-state index in [0.29, 0.717) is 10.2 Å². The summed E-state index contributed by atoms with van der Waals surface area (Å²) in [7, 11) is 1.42. The summed E-state index contributed by atoms with van der Waals surface area (Å²) in [5.41, 5.74) is 0. The summed E-state index contributed by atoms with van der Waals surface area (Å²) in [5, 5.41) is 0.103. The van der Waals surface area contributed by atoms with Crippen molar-refractivity contribution in [1.29, 1.82) is 0 Å². The number of benzene rings is 2. The lowest BCUT2D eigenvalue weighted by Gasteiger charge is -2.10. The molecule has 0 saturated carbocycles. The van der Waals surface area contributed by atoms with Gasteiger partial charge in [-0.3, -0.25) is 0 Å². The van der Waals surface area contributed by atoms with Gasteiger partial charge in [0.05, 0.1) is 14.4 Å². The normalized spacial score (nSPS) is 11.4. The minimum absolute atomic E-state index is 0.0661. The average molecular weight is 400 g/mol. The van der Waals surface area contributed by atoms with Crippen molar-refractivity contribution in [3.63, 3.8) is 0 Å². The number of halogens is 4. The van der Waals surface area contributed by atoms with Crippen LogP contribution in [-0.2, 0) is 9.05 Å². The average Bonchev–Trinajstić information content (AvgIpc) is 2.33. The molecule has 0 saturated heterocycles. The molecule has 106 valence electrons. The first kappa shape index (κ1) is 15.6. The van der Waals surface area contributed by atoms with Crippen LogP contribution in [0.1, 0.15) is 0 Å². The summed E-state index contributed by atoms with van der Waals surface area (Å²) in [5.74, 6) is 0.0859. The molecule has 0 aliphatic heterocycles. The molecule has 0 aliphatic carbocycles. The van der Waals surface area contributed by atoms with E-state index in [1.807, 2.05) is 0 Å². The molecule has 2 aromatic carbocycles. The third-order valence-corrected chi connectivity index (χ3v) is 4.57. The quantitative estimate of drug-likeness (QED) is 0.685. The SMILES string of the molecule is O=S(=O)(Cl)c1ccc(Oc2ccc(F)cc2Cl)c(Br)c1. The highest BCUT2D eigenvalue weighted by Crippen LogP contribution is 2.35. The highest BCUT2D eigenvalue weighted by Gasteiger charge is 2.14. The van der Waals surface area contributed by atoms with Gasteiger partial charge in [0.15, 0.2) is 0 Å². The fraction of sp³-hybridized carbons (Fsp3) is 0. The number of hydrogen-bond donors (Lipinski definition) is 0. The zero-order valence-electron chi connectivity index (χ0n) is 9.61. The van der Waals surface area contributed by atoms with Crippen LogP contribution in [0.3, 0.4) is 0 Å². The maximum absolute atomic E-state index is 12.9. The highest BCUT2D eigenvalue weighted by molar-refractivity contribution is 9.10. The molecule has 0 fully saturated rings.